The quantitative estimate of drug-likeness (QED) is 0.674. The molecular formula is C15H11ClN2O2. The minimum absolute atomic E-state index is 0.145. The molecule has 3 aromatic rings. The maximum Gasteiger partial charge on any atom is 0.337 e. The minimum atomic E-state index is -1.02. The fourth-order valence-electron chi connectivity index (χ4n) is 2.09. The van der Waals surface area contributed by atoms with E-state index in [1.165, 1.54) is 6.07 Å². The van der Waals surface area contributed by atoms with E-state index < -0.39 is 5.97 Å². The topological polar surface area (TPSA) is 65.1 Å². The molecule has 0 fully saturated rings. The SMILES string of the molecule is O=C(O)c1cc(Cl)ccc1Nc1ccc2[nH]ccc2c1. The molecule has 1 aromatic heterocycles. The third-order valence-electron chi connectivity index (χ3n) is 3.04. The highest BCUT2D eigenvalue weighted by Gasteiger charge is 2.11. The lowest BCUT2D eigenvalue weighted by Crippen LogP contribution is -2.02. The Morgan fingerprint density at radius 3 is 2.80 bits per heavy atom. The van der Waals surface area contributed by atoms with Crippen LogP contribution in [0.15, 0.2) is 48.7 Å². The van der Waals surface area contributed by atoms with Crippen molar-refractivity contribution in [2.75, 3.05) is 5.32 Å². The summed E-state index contributed by atoms with van der Waals surface area (Å²) in [6.45, 7) is 0. The average molecular weight is 287 g/mol. The third-order valence-corrected chi connectivity index (χ3v) is 3.28. The lowest BCUT2D eigenvalue weighted by atomic mass is 10.1. The molecule has 3 rings (SSSR count). The van der Waals surface area contributed by atoms with E-state index >= 15 is 0 Å². The van der Waals surface area contributed by atoms with Crippen LogP contribution in [0.2, 0.25) is 5.02 Å². The lowest BCUT2D eigenvalue weighted by Gasteiger charge is -2.10. The summed E-state index contributed by atoms with van der Waals surface area (Å²) in [7, 11) is 0. The van der Waals surface area contributed by atoms with Crippen LogP contribution in [0.4, 0.5) is 11.4 Å². The number of fused-ring (bicyclic) bond motifs is 1. The molecule has 0 atom stereocenters. The van der Waals surface area contributed by atoms with Crippen molar-refractivity contribution in [1.82, 2.24) is 4.98 Å². The largest absolute Gasteiger partial charge is 0.478 e. The van der Waals surface area contributed by atoms with Gasteiger partial charge in [0.2, 0.25) is 0 Å². The number of carboxylic acids is 1. The highest BCUT2D eigenvalue weighted by Crippen LogP contribution is 2.26. The zero-order chi connectivity index (χ0) is 14.1. The van der Waals surface area contributed by atoms with E-state index in [2.05, 4.69) is 10.3 Å². The first-order chi connectivity index (χ1) is 9.63. The molecule has 2 aromatic carbocycles. The molecule has 0 saturated heterocycles. The van der Waals surface area contributed by atoms with E-state index in [1.54, 1.807) is 12.1 Å². The second-order valence-electron chi connectivity index (χ2n) is 4.40. The van der Waals surface area contributed by atoms with E-state index in [1.807, 2.05) is 30.5 Å². The number of aromatic nitrogens is 1. The molecule has 0 saturated carbocycles. The van der Waals surface area contributed by atoms with Gasteiger partial charge in [0.05, 0.1) is 11.3 Å². The Balaban J connectivity index is 1.99. The number of hydrogen-bond acceptors (Lipinski definition) is 2. The predicted octanol–water partition coefficient (Wildman–Crippen LogP) is 4.26. The Labute approximate surface area is 120 Å². The van der Waals surface area contributed by atoms with E-state index in [0.29, 0.717) is 10.7 Å². The number of nitrogens with one attached hydrogen (secondary N) is 2. The van der Waals surface area contributed by atoms with Gasteiger partial charge in [-0.1, -0.05) is 11.6 Å². The highest BCUT2D eigenvalue weighted by atomic mass is 35.5. The summed E-state index contributed by atoms with van der Waals surface area (Å²) in [5, 5.41) is 13.8. The van der Waals surface area contributed by atoms with E-state index in [0.717, 1.165) is 16.6 Å². The van der Waals surface area contributed by atoms with Gasteiger partial charge in [-0.25, -0.2) is 4.79 Å². The van der Waals surface area contributed by atoms with Crippen LogP contribution in [0, 0.1) is 0 Å². The van der Waals surface area contributed by atoms with E-state index in [9.17, 15) is 9.90 Å². The van der Waals surface area contributed by atoms with Crippen LogP contribution in [-0.2, 0) is 0 Å². The summed E-state index contributed by atoms with van der Waals surface area (Å²) in [5.74, 6) is -1.02. The van der Waals surface area contributed by atoms with Gasteiger partial charge in [0.25, 0.3) is 0 Å². The number of hydrogen-bond donors (Lipinski definition) is 3. The molecule has 0 unspecified atom stereocenters. The standard InChI is InChI=1S/C15H11ClN2O2/c16-10-1-3-14(12(8-10)15(19)20)18-11-2-4-13-9(7-11)5-6-17-13/h1-8,17-18H,(H,19,20). The van der Waals surface area contributed by atoms with Crippen LogP contribution in [0.3, 0.4) is 0 Å². The molecule has 4 nitrogen and oxygen atoms in total. The van der Waals surface area contributed by atoms with E-state index in [-0.39, 0.29) is 5.56 Å². The van der Waals surface area contributed by atoms with Gasteiger partial charge >= 0.3 is 5.97 Å². The molecule has 0 aliphatic rings. The summed E-state index contributed by atoms with van der Waals surface area (Å²) >= 11 is 5.83. The van der Waals surface area contributed by atoms with Gasteiger partial charge in [-0.3, -0.25) is 0 Å². The molecule has 0 aliphatic heterocycles. The molecule has 0 aliphatic carbocycles. The molecule has 1 heterocycles. The number of aromatic carboxylic acids is 1. The van der Waals surface area contributed by atoms with Crippen molar-refractivity contribution in [2.24, 2.45) is 0 Å². The number of H-pyrrole nitrogens is 1. The molecule has 0 radical (unpaired) electrons. The first-order valence-electron chi connectivity index (χ1n) is 6.00. The Bertz CT molecular complexity index is 795. The van der Waals surface area contributed by atoms with Crippen molar-refractivity contribution < 1.29 is 9.90 Å². The Kier molecular flexibility index (Phi) is 3.08. The summed E-state index contributed by atoms with van der Waals surface area (Å²) in [6, 6.07) is 12.5. The zero-order valence-corrected chi connectivity index (χ0v) is 11.1. The second kappa shape index (κ2) is 4.90. The number of anilines is 2. The van der Waals surface area contributed by atoms with Crippen molar-refractivity contribution in [1.29, 1.82) is 0 Å². The van der Waals surface area contributed by atoms with Crippen LogP contribution in [0.5, 0.6) is 0 Å². The Hall–Kier alpha value is -2.46. The number of carbonyl (C=O) groups is 1. The molecule has 0 amide bonds. The number of benzene rings is 2. The van der Waals surface area contributed by atoms with Crippen molar-refractivity contribution in [3.8, 4) is 0 Å². The molecule has 0 spiro atoms. The van der Waals surface area contributed by atoms with Gasteiger partial charge in [0, 0.05) is 27.8 Å². The molecule has 100 valence electrons. The summed E-state index contributed by atoms with van der Waals surface area (Å²) in [4.78, 5) is 14.3. The van der Waals surface area contributed by atoms with Crippen LogP contribution in [0.25, 0.3) is 10.9 Å². The van der Waals surface area contributed by atoms with Gasteiger partial charge in [0.1, 0.15) is 0 Å². The van der Waals surface area contributed by atoms with Gasteiger partial charge < -0.3 is 15.4 Å². The van der Waals surface area contributed by atoms with Crippen molar-refractivity contribution in [2.45, 2.75) is 0 Å². The van der Waals surface area contributed by atoms with Gasteiger partial charge in [0.15, 0.2) is 0 Å². The number of carboxylic acid groups (broad SMARTS) is 1. The number of rotatable bonds is 3. The average Bonchev–Trinajstić information content (AvgIpc) is 2.88. The fourth-order valence-corrected chi connectivity index (χ4v) is 2.26. The summed E-state index contributed by atoms with van der Waals surface area (Å²) < 4.78 is 0. The predicted molar refractivity (Wildman–Crippen MR) is 80.0 cm³/mol. The molecule has 0 bridgehead atoms. The highest BCUT2D eigenvalue weighted by molar-refractivity contribution is 6.31. The number of halogens is 1. The molecule has 20 heavy (non-hydrogen) atoms. The summed E-state index contributed by atoms with van der Waals surface area (Å²) in [5.41, 5.74) is 2.51. The normalized spacial score (nSPS) is 10.7. The van der Waals surface area contributed by atoms with Crippen LogP contribution >= 0.6 is 11.6 Å². The summed E-state index contributed by atoms with van der Waals surface area (Å²) in [6.07, 6.45) is 1.86. The van der Waals surface area contributed by atoms with Crippen LogP contribution < -0.4 is 5.32 Å². The maximum atomic E-state index is 11.2. The van der Waals surface area contributed by atoms with Gasteiger partial charge in [-0.15, -0.1) is 0 Å². The Morgan fingerprint density at radius 1 is 1.15 bits per heavy atom. The molecule has 3 N–H and O–H groups in total. The fraction of sp³-hybridized carbons (Fsp3) is 0. The number of aromatic amines is 1. The monoisotopic (exact) mass is 286 g/mol. The zero-order valence-electron chi connectivity index (χ0n) is 10.4. The first-order valence-corrected chi connectivity index (χ1v) is 6.38. The third kappa shape index (κ3) is 2.33. The Morgan fingerprint density at radius 2 is 2.00 bits per heavy atom. The van der Waals surface area contributed by atoms with Crippen LogP contribution in [0.1, 0.15) is 10.4 Å². The second-order valence-corrected chi connectivity index (χ2v) is 4.84. The molecule has 5 heteroatoms. The smallest absolute Gasteiger partial charge is 0.337 e. The maximum absolute atomic E-state index is 11.2. The van der Waals surface area contributed by atoms with Crippen molar-refractivity contribution in [3.63, 3.8) is 0 Å². The molecular weight excluding hydrogens is 276 g/mol. The van der Waals surface area contributed by atoms with Gasteiger partial charge in [-0.2, -0.15) is 0 Å². The minimum Gasteiger partial charge on any atom is -0.478 e. The van der Waals surface area contributed by atoms with Crippen molar-refractivity contribution >= 4 is 39.8 Å². The van der Waals surface area contributed by atoms with Gasteiger partial charge in [-0.05, 0) is 42.5 Å². The van der Waals surface area contributed by atoms with Crippen LogP contribution in [-0.4, -0.2) is 16.1 Å². The first kappa shape index (κ1) is 12.6. The van der Waals surface area contributed by atoms with E-state index in [4.69, 9.17) is 11.6 Å². The van der Waals surface area contributed by atoms with Crippen molar-refractivity contribution in [3.05, 3.63) is 59.2 Å². The lowest BCUT2D eigenvalue weighted by molar-refractivity contribution is 0.0698.